The van der Waals surface area contributed by atoms with Gasteiger partial charge in [-0.2, -0.15) is 0 Å². The van der Waals surface area contributed by atoms with Gasteiger partial charge in [0.15, 0.2) is 0 Å². The lowest BCUT2D eigenvalue weighted by Crippen LogP contribution is -2.20. The van der Waals surface area contributed by atoms with E-state index in [0.29, 0.717) is 29.1 Å². The second-order valence-electron chi connectivity index (χ2n) is 6.03. The topological polar surface area (TPSA) is 76.1 Å². The summed E-state index contributed by atoms with van der Waals surface area (Å²) < 4.78 is 5.17. The van der Waals surface area contributed by atoms with Gasteiger partial charge >= 0.3 is 0 Å². The first-order valence-electron chi connectivity index (χ1n) is 8.21. The molecule has 126 valence electrons. The molecule has 1 aromatic heterocycles. The number of ether oxygens (including phenoxy) is 1. The quantitative estimate of drug-likeness (QED) is 0.880. The first-order valence-corrected chi connectivity index (χ1v) is 8.21. The molecule has 0 radical (unpaired) electrons. The fraction of sp³-hybridized carbons (Fsp3) is 0.389. The molecule has 1 aliphatic carbocycles. The number of benzene rings is 1. The minimum absolute atomic E-state index is 0.261. The van der Waals surface area contributed by atoms with Crippen molar-refractivity contribution in [1.29, 1.82) is 0 Å². The number of rotatable bonds is 5. The molecule has 24 heavy (non-hydrogen) atoms. The van der Waals surface area contributed by atoms with Crippen LogP contribution in [0.2, 0.25) is 0 Å². The number of methoxy groups -OCH3 is 1. The van der Waals surface area contributed by atoms with Gasteiger partial charge in [0.25, 0.3) is 5.91 Å². The largest absolute Gasteiger partial charge is 0.497 e. The molecule has 6 heteroatoms. The third kappa shape index (κ3) is 4.01. The molecule has 0 saturated heterocycles. The molecule has 2 aromatic rings. The highest BCUT2D eigenvalue weighted by molar-refractivity contribution is 6.03. The van der Waals surface area contributed by atoms with Crippen LogP contribution in [0.3, 0.4) is 0 Å². The number of anilines is 2. The van der Waals surface area contributed by atoms with Crippen molar-refractivity contribution in [3.05, 3.63) is 41.7 Å². The maximum absolute atomic E-state index is 12.5. The number of aryl methyl sites for hydroxylation is 1. The van der Waals surface area contributed by atoms with Crippen molar-refractivity contribution >= 4 is 17.5 Å². The van der Waals surface area contributed by atoms with E-state index in [4.69, 9.17) is 4.74 Å². The summed E-state index contributed by atoms with van der Waals surface area (Å²) in [5, 5.41) is 6.18. The van der Waals surface area contributed by atoms with Gasteiger partial charge in [-0.3, -0.25) is 4.79 Å². The lowest BCUT2D eigenvalue weighted by Gasteiger charge is -2.13. The SMILES string of the molecule is COc1cccc(NC(=O)c2cc(C)nc(NC3CCCC3)n2)c1. The minimum atomic E-state index is -0.261. The fourth-order valence-corrected chi connectivity index (χ4v) is 2.90. The molecule has 1 heterocycles. The summed E-state index contributed by atoms with van der Waals surface area (Å²) in [6.45, 7) is 1.86. The van der Waals surface area contributed by atoms with Crippen molar-refractivity contribution in [2.45, 2.75) is 38.6 Å². The monoisotopic (exact) mass is 326 g/mol. The van der Waals surface area contributed by atoms with E-state index in [1.54, 1.807) is 19.2 Å². The van der Waals surface area contributed by atoms with Gasteiger partial charge in [-0.25, -0.2) is 9.97 Å². The maximum Gasteiger partial charge on any atom is 0.274 e. The Balaban J connectivity index is 1.74. The fourth-order valence-electron chi connectivity index (χ4n) is 2.90. The van der Waals surface area contributed by atoms with Gasteiger partial charge in [-0.05, 0) is 38.0 Å². The number of amides is 1. The standard InChI is InChI=1S/C18H22N4O2/c1-12-10-16(22-18(19-12)21-13-6-3-4-7-13)17(23)20-14-8-5-9-15(11-14)24-2/h5,8-11,13H,3-4,6-7H2,1-2H3,(H,20,23)(H,19,21,22). The predicted molar refractivity (Wildman–Crippen MR) is 93.6 cm³/mol. The van der Waals surface area contributed by atoms with Crippen LogP contribution in [0.1, 0.15) is 41.9 Å². The van der Waals surface area contributed by atoms with Crippen molar-refractivity contribution in [1.82, 2.24) is 9.97 Å². The molecule has 1 amide bonds. The van der Waals surface area contributed by atoms with Crippen LogP contribution >= 0.6 is 0 Å². The lowest BCUT2D eigenvalue weighted by molar-refractivity contribution is 0.102. The average Bonchev–Trinajstić information content (AvgIpc) is 3.07. The first kappa shape index (κ1) is 16.2. The van der Waals surface area contributed by atoms with E-state index in [9.17, 15) is 4.79 Å². The van der Waals surface area contributed by atoms with Crippen molar-refractivity contribution < 1.29 is 9.53 Å². The van der Waals surface area contributed by atoms with Crippen LogP contribution < -0.4 is 15.4 Å². The molecule has 0 atom stereocenters. The molecule has 1 aromatic carbocycles. The number of nitrogens with one attached hydrogen (secondary N) is 2. The van der Waals surface area contributed by atoms with Gasteiger partial charge < -0.3 is 15.4 Å². The summed E-state index contributed by atoms with van der Waals surface area (Å²) in [5.74, 6) is 0.955. The Hall–Kier alpha value is -2.63. The lowest BCUT2D eigenvalue weighted by atomic mass is 10.2. The molecule has 0 aliphatic heterocycles. The Morgan fingerprint density at radius 2 is 2.00 bits per heavy atom. The number of aromatic nitrogens is 2. The second-order valence-corrected chi connectivity index (χ2v) is 6.03. The van der Waals surface area contributed by atoms with E-state index in [-0.39, 0.29) is 5.91 Å². The predicted octanol–water partition coefficient (Wildman–Crippen LogP) is 3.40. The third-order valence-corrected chi connectivity index (χ3v) is 4.10. The van der Waals surface area contributed by atoms with Gasteiger partial charge in [0.2, 0.25) is 5.95 Å². The van der Waals surface area contributed by atoms with E-state index in [2.05, 4.69) is 20.6 Å². The van der Waals surface area contributed by atoms with Crippen molar-refractivity contribution in [3.8, 4) is 5.75 Å². The summed E-state index contributed by atoms with van der Waals surface area (Å²) in [5.41, 5.74) is 1.79. The van der Waals surface area contributed by atoms with E-state index < -0.39 is 0 Å². The molecule has 0 unspecified atom stereocenters. The normalized spacial score (nSPS) is 14.4. The van der Waals surface area contributed by atoms with E-state index in [1.165, 1.54) is 12.8 Å². The van der Waals surface area contributed by atoms with Crippen LogP contribution in [0.5, 0.6) is 5.75 Å². The molecule has 2 N–H and O–H groups in total. The summed E-state index contributed by atoms with van der Waals surface area (Å²) in [6, 6.07) is 9.33. The van der Waals surface area contributed by atoms with E-state index in [0.717, 1.165) is 18.5 Å². The number of carbonyl (C=O) groups excluding carboxylic acids is 1. The Morgan fingerprint density at radius 3 is 2.75 bits per heavy atom. The van der Waals surface area contributed by atoms with E-state index >= 15 is 0 Å². The highest BCUT2D eigenvalue weighted by atomic mass is 16.5. The van der Waals surface area contributed by atoms with Crippen LogP contribution in [-0.4, -0.2) is 29.0 Å². The number of carbonyl (C=O) groups is 1. The van der Waals surface area contributed by atoms with Gasteiger partial charge in [0.1, 0.15) is 11.4 Å². The van der Waals surface area contributed by atoms with Crippen LogP contribution in [-0.2, 0) is 0 Å². The summed E-state index contributed by atoms with van der Waals surface area (Å²) in [7, 11) is 1.59. The molecule has 0 spiro atoms. The maximum atomic E-state index is 12.5. The number of hydrogen-bond donors (Lipinski definition) is 2. The average molecular weight is 326 g/mol. The van der Waals surface area contributed by atoms with Crippen molar-refractivity contribution in [2.24, 2.45) is 0 Å². The van der Waals surface area contributed by atoms with Crippen molar-refractivity contribution in [3.63, 3.8) is 0 Å². The zero-order valence-electron chi connectivity index (χ0n) is 14.0. The van der Waals surface area contributed by atoms with Gasteiger partial charge in [0, 0.05) is 23.5 Å². The third-order valence-electron chi connectivity index (χ3n) is 4.10. The molecule has 1 aliphatic rings. The molecule has 0 bridgehead atoms. The second kappa shape index (κ2) is 7.29. The molecule has 6 nitrogen and oxygen atoms in total. The van der Waals surface area contributed by atoms with Crippen LogP contribution in [0, 0.1) is 6.92 Å². The van der Waals surface area contributed by atoms with E-state index in [1.807, 2.05) is 25.1 Å². The van der Waals surface area contributed by atoms with Crippen LogP contribution in [0.25, 0.3) is 0 Å². The zero-order valence-corrected chi connectivity index (χ0v) is 14.0. The number of nitrogens with zero attached hydrogens (tertiary/aromatic N) is 2. The Labute approximate surface area is 141 Å². The molecular weight excluding hydrogens is 304 g/mol. The summed E-state index contributed by atoms with van der Waals surface area (Å²) in [6.07, 6.45) is 4.71. The van der Waals surface area contributed by atoms with Gasteiger partial charge in [0.05, 0.1) is 7.11 Å². The van der Waals surface area contributed by atoms with Crippen LogP contribution in [0.15, 0.2) is 30.3 Å². The highest BCUT2D eigenvalue weighted by Gasteiger charge is 2.17. The molecule has 3 rings (SSSR count). The van der Waals surface area contributed by atoms with Crippen molar-refractivity contribution in [2.75, 3.05) is 17.7 Å². The Bertz CT molecular complexity index is 727. The number of hydrogen-bond acceptors (Lipinski definition) is 5. The van der Waals surface area contributed by atoms with Gasteiger partial charge in [-0.15, -0.1) is 0 Å². The highest BCUT2D eigenvalue weighted by Crippen LogP contribution is 2.21. The zero-order chi connectivity index (χ0) is 16.9. The Kier molecular flexibility index (Phi) is 4.93. The Morgan fingerprint density at radius 1 is 1.21 bits per heavy atom. The first-order chi connectivity index (χ1) is 11.6. The molecular formula is C18H22N4O2. The summed E-state index contributed by atoms with van der Waals surface area (Å²) in [4.78, 5) is 21.2. The molecule has 1 fully saturated rings. The summed E-state index contributed by atoms with van der Waals surface area (Å²) >= 11 is 0. The van der Waals surface area contributed by atoms with Gasteiger partial charge in [-0.1, -0.05) is 18.9 Å². The molecule has 1 saturated carbocycles. The van der Waals surface area contributed by atoms with Crippen LogP contribution in [0.4, 0.5) is 11.6 Å². The smallest absolute Gasteiger partial charge is 0.274 e. The minimum Gasteiger partial charge on any atom is -0.497 e.